The van der Waals surface area contributed by atoms with E-state index in [1.165, 1.54) is 12.8 Å². The Kier molecular flexibility index (Phi) is 5.43. The Morgan fingerprint density at radius 3 is 2.92 bits per heavy atom. The van der Waals surface area contributed by atoms with Crippen molar-refractivity contribution in [2.24, 2.45) is 5.92 Å². The van der Waals surface area contributed by atoms with Gasteiger partial charge < -0.3 is 15.0 Å². The summed E-state index contributed by atoms with van der Waals surface area (Å²) < 4.78 is 5.12. The minimum atomic E-state index is -0.208. The third-order valence-corrected chi connectivity index (χ3v) is 4.71. The van der Waals surface area contributed by atoms with E-state index < -0.39 is 0 Å². The Hall–Kier alpha value is -2.27. The van der Waals surface area contributed by atoms with Crippen LogP contribution >= 0.6 is 11.6 Å². The summed E-state index contributed by atoms with van der Waals surface area (Å²) in [7, 11) is 1.55. The van der Waals surface area contributed by atoms with E-state index in [0.29, 0.717) is 27.9 Å². The summed E-state index contributed by atoms with van der Waals surface area (Å²) in [5.74, 6) is 1.02. The van der Waals surface area contributed by atoms with E-state index in [0.717, 1.165) is 18.8 Å². The molecule has 0 aliphatic carbocycles. The van der Waals surface area contributed by atoms with Crippen LogP contribution in [0.4, 0.5) is 11.4 Å². The first-order valence-electron chi connectivity index (χ1n) is 8.41. The van der Waals surface area contributed by atoms with Gasteiger partial charge in [0, 0.05) is 25.0 Å². The van der Waals surface area contributed by atoms with Crippen molar-refractivity contribution in [2.75, 3.05) is 30.4 Å². The average Bonchev–Trinajstić information content (AvgIpc) is 2.62. The monoisotopic (exact) mass is 359 g/mol. The Morgan fingerprint density at radius 1 is 1.36 bits per heavy atom. The van der Waals surface area contributed by atoms with Gasteiger partial charge in [-0.25, -0.2) is 0 Å². The lowest BCUT2D eigenvalue weighted by molar-refractivity contribution is 0.102. The van der Waals surface area contributed by atoms with Gasteiger partial charge in [0.25, 0.3) is 5.91 Å². The van der Waals surface area contributed by atoms with Gasteiger partial charge in [-0.2, -0.15) is 0 Å². The highest BCUT2D eigenvalue weighted by Crippen LogP contribution is 2.28. The van der Waals surface area contributed by atoms with Gasteiger partial charge in [0.1, 0.15) is 5.75 Å². The fraction of sp³-hybridized carbons (Fsp3) is 0.368. The summed E-state index contributed by atoms with van der Waals surface area (Å²) in [6.45, 7) is 4.26. The number of nitrogens with zero attached hydrogens (tertiary/aromatic N) is 2. The molecule has 1 amide bonds. The zero-order chi connectivity index (χ0) is 17.8. The first kappa shape index (κ1) is 17.5. The van der Waals surface area contributed by atoms with E-state index in [4.69, 9.17) is 16.3 Å². The van der Waals surface area contributed by atoms with Gasteiger partial charge >= 0.3 is 0 Å². The van der Waals surface area contributed by atoms with Crippen molar-refractivity contribution in [1.29, 1.82) is 0 Å². The highest BCUT2D eigenvalue weighted by atomic mass is 35.5. The molecule has 1 aliphatic heterocycles. The Morgan fingerprint density at radius 2 is 2.20 bits per heavy atom. The number of pyridine rings is 1. The summed E-state index contributed by atoms with van der Waals surface area (Å²) in [5.41, 5.74) is 2.14. The van der Waals surface area contributed by atoms with Gasteiger partial charge in [0.15, 0.2) is 0 Å². The second-order valence-electron chi connectivity index (χ2n) is 6.43. The summed E-state index contributed by atoms with van der Waals surface area (Å²) in [6.07, 6.45) is 5.82. The minimum Gasteiger partial charge on any atom is -0.495 e. The van der Waals surface area contributed by atoms with Crippen LogP contribution < -0.4 is 15.0 Å². The molecule has 2 aromatic rings. The van der Waals surface area contributed by atoms with Crippen molar-refractivity contribution in [2.45, 2.75) is 19.8 Å². The molecule has 3 rings (SSSR count). The fourth-order valence-corrected chi connectivity index (χ4v) is 3.35. The molecule has 1 saturated heterocycles. The maximum absolute atomic E-state index is 12.5. The van der Waals surface area contributed by atoms with Crippen LogP contribution in [-0.4, -0.2) is 31.1 Å². The quantitative estimate of drug-likeness (QED) is 0.887. The van der Waals surface area contributed by atoms with Crippen LogP contribution in [0.1, 0.15) is 30.1 Å². The van der Waals surface area contributed by atoms with E-state index in [1.807, 2.05) is 12.3 Å². The lowest BCUT2D eigenvalue weighted by atomic mass is 10.00. The standard InChI is InChI=1S/C19H22ClN3O2/c1-13-4-3-7-23(12-13)16-8-14(10-21-11-16)19(24)22-15-5-6-18(25-2)17(20)9-15/h5-6,8-11,13H,3-4,7,12H2,1-2H3,(H,22,24). The van der Waals surface area contributed by atoms with Gasteiger partial charge in [-0.1, -0.05) is 18.5 Å². The number of nitrogens with one attached hydrogen (secondary N) is 1. The molecule has 6 heteroatoms. The molecular weight excluding hydrogens is 338 g/mol. The molecule has 1 aromatic carbocycles. The molecule has 5 nitrogen and oxygen atoms in total. The van der Waals surface area contributed by atoms with Crippen molar-refractivity contribution in [3.05, 3.63) is 47.2 Å². The number of piperidine rings is 1. The van der Waals surface area contributed by atoms with E-state index >= 15 is 0 Å². The number of methoxy groups -OCH3 is 1. The Labute approximate surface area is 153 Å². The normalized spacial score (nSPS) is 17.2. The van der Waals surface area contributed by atoms with Gasteiger partial charge in [-0.15, -0.1) is 0 Å². The zero-order valence-electron chi connectivity index (χ0n) is 14.5. The molecule has 1 aliphatic rings. The van der Waals surface area contributed by atoms with Crippen molar-refractivity contribution >= 4 is 28.9 Å². The average molecular weight is 360 g/mol. The number of hydrogen-bond donors (Lipinski definition) is 1. The third-order valence-electron chi connectivity index (χ3n) is 4.42. The van der Waals surface area contributed by atoms with Gasteiger partial charge in [-0.3, -0.25) is 9.78 Å². The predicted molar refractivity (Wildman–Crippen MR) is 101 cm³/mol. The number of rotatable bonds is 4. The molecule has 0 saturated carbocycles. The van der Waals surface area contributed by atoms with Crippen LogP contribution in [0.15, 0.2) is 36.7 Å². The topological polar surface area (TPSA) is 54.5 Å². The van der Waals surface area contributed by atoms with Crippen LogP contribution in [0, 0.1) is 5.92 Å². The lowest BCUT2D eigenvalue weighted by Gasteiger charge is -2.32. The molecular formula is C19H22ClN3O2. The number of hydrogen-bond acceptors (Lipinski definition) is 4. The van der Waals surface area contributed by atoms with Crippen LogP contribution in [-0.2, 0) is 0 Å². The number of halogens is 1. The second-order valence-corrected chi connectivity index (χ2v) is 6.84. The van der Waals surface area contributed by atoms with E-state index in [2.05, 4.69) is 22.1 Å². The molecule has 0 bridgehead atoms. The van der Waals surface area contributed by atoms with Crippen molar-refractivity contribution in [3.8, 4) is 5.75 Å². The van der Waals surface area contributed by atoms with Gasteiger partial charge in [0.2, 0.25) is 0 Å². The number of amides is 1. The van der Waals surface area contributed by atoms with Crippen molar-refractivity contribution in [3.63, 3.8) is 0 Å². The smallest absolute Gasteiger partial charge is 0.257 e. The second kappa shape index (κ2) is 7.74. The van der Waals surface area contributed by atoms with E-state index in [1.54, 1.807) is 31.5 Å². The Balaban J connectivity index is 1.74. The molecule has 1 N–H and O–H groups in total. The van der Waals surface area contributed by atoms with Crippen LogP contribution in [0.25, 0.3) is 0 Å². The minimum absolute atomic E-state index is 0.208. The number of ether oxygens (including phenoxy) is 1. The fourth-order valence-electron chi connectivity index (χ4n) is 3.10. The first-order chi connectivity index (χ1) is 12.1. The number of benzene rings is 1. The third kappa shape index (κ3) is 4.23. The van der Waals surface area contributed by atoms with E-state index in [9.17, 15) is 4.79 Å². The molecule has 132 valence electrons. The van der Waals surface area contributed by atoms with Crippen molar-refractivity contribution < 1.29 is 9.53 Å². The predicted octanol–water partition coefficient (Wildman–Crippen LogP) is 4.23. The summed E-state index contributed by atoms with van der Waals surface area (Å²) in [4.78, 5) is 19.1. The zero-order valence-corrected chi connectivity index (χ0v) is 15.2. The number of aromatic nitrogens is 1. The SMILES string of the molecule is COc1ccc(NC(=O)c2cncc(N3CCCC(C)C3)c2)cc1Cl. The van der Waals surface area contributed by atoms with Crippen LogP contribution in [0.3, 0.4) is 0 Å². The first-order valence-corrected chi connectivity index (χ1v) is 8.79. The maximum Gasteiger partial charge on any atom is 0.257 e. The molecule has 25 heavy (non-hydrogen) atoms. The van der Waals surface area contributed by atoms with Gasteiger partial charge in [0.05, 0.1) is 29.6 Å². The summed E-state index contributed by atoms with van der Waals surface area (Å²) >= 11 is 6.10. The Bertz CT molecular complexity index is 766. The lowest BCUT2D eigenvalue weighted by Crippen LogP contribution is -2.34. The number of carbonyl (C=O) groups excluding carboxylic acids is 1. The van der Waals surface area contributed by atoms with Crippen LogP contribution in [0.5, 0.6) is 5.75 Å². The number of carbonyl (C=O) groups is 1. The molecule has 1 aromatic heterocycles. The van der Waals surface area contributed by atoms with Crippen LogP contribution in [0.2, 0.25) is 5.02 Å². The summed E-state index contributed by atoms with van der Waals surface area (Å²) in [5, 5.41) is 3.31. The largest absolute Gasteiger partial charge is 0.495 e. The number of anilines is 2. The molecule has 2 heterocycles. The van der Waals surface area contributed by atoms with E-state index in [-0.39, 0.29) is 5.91 Å². The van der Waals surface area contributed by atoms with Crippen molar-refractivity contribution in [1.82, 2.24) is 4.98 Å². The molecule has 1 unspecified atom stereocenters. The van der Waals surface area contributed by atoms with Gasteiger partial charge in [-0.05, 0) is 43.0 Å². The molecule has 0 spiro atoms. The maximum atomic E-state index is 12.5. The highest BCUT2D eigenvalue weighted by molar-refractivity contribution is 6.32. The summed E-state index contributed by atoms with van der Waals surface area (Å²) in [6, 6.07) is 7.04. The molecule has 0 radical (unpaired) electrons. The molecule has 1 fully saturated rings. The highest BCUT2D eigenvalue weighted by Gasteiger charge is 2.18. The molecule has 1 atom stereocenters.